The highest BCUT2D eigenvalue weighted by Crippen LogP contribution is 2.28. The Balaban J connectivity index is 2.26. The molecule has 0 spiro atoms. The predicted molar refractivity (Wildman–Crippen MR) is 61.3 cm³/mol. The molecule has 2 rings (SSSR count). The zero-order chi connectivity index (χ0) is 13.2. The second-order valence-corrected chi connectivity index (χ2v) is 3.95. The van der Waals surface area contributed by atoms with Crippen LogP contribution in [0.5, 0.6) is 5.75 Å². The van der Waals surface area contributed by atoms with Crippen molar-refractivity contribution in [2.24, 2.45) is 0 Å². The SMILES string of the molecule is FC(F)(F)Oc1cccc(-c2cc(CBr)on2)c1. The lowest BCUT2D eigenvalue weighted by molar-refractivity contribution is -0.274. The summed E-state index contributed by atoms with van der Waals surface area (Å²) in [6, 6.07) is 7.20. The minimum atomic E-state index is -4.70. The normalized spacial score (nSPS) is 11.6. The summed E-state index contributed by atoms with van der Waals surface area (Å²) in [7, 11) is 0. The van der Waals surface area contributed by atoms with E-state index in [2.05, 4.69) is 25.8 Å². The van der Waals surface area contributed by atoms with Gasteiger partial charge in [-0.3, -0.25) is 0 Å². The number of nitrogens with zero attached hydrogens (tertiary/aromatic N) is 1. The van der Waals surface area contributed by atoms with Crippen molar-refractivity contribution in [3.63, 3.8) is 0 Å². The molecule has 0 atom stereocenters. The van der Waals surface area contributed by atoms with Gasteiger partial charge < -0.3 is 9.26 Å². The van der Waals surface area contributed by atoms with Crippen LogP contribution in [0.4, 0.5) is 13.2 Å². The number of halogens is 4. The molecule has 1 aromatic heterocycles. The fourth-order valence-corrected chi connectivity index (χ4v) is 1.63. The highest BCUT2D eigenvalue weighted by Gasteiger charge is 2.31. The van der Waals surface area contributed by atoms with Crippen molar-refractivity contribution in [2.45, 2.75) is 11.7 Å². The van der Waals surface area contributed by atoms with Crippen molar-refractivity contribution in [3.05, 3.63) is 36.1 Å². The van der Waals surface area contributed by atoms with Crippen molar-refractivity contribution >= 4 is 15.9 Å². The Hall–Kier alpha value is -1.50. The van der Waals surface area contributed by atoms with Crippen molar-refractivity contribution in [3.8, 4) is 17.0 Å². The second-order valence-electron chi connectivity index (χ2n) is 3.39. The van der Waals surface area contributed by atoms with Crippen LogP contribution in [0.25, 0.3) is 11.3 Å². The molecule has 96 valence electrons. The molecule has 0 bridgehead atoms. The van der Waals surface area contributed by atoms with E-state index in [4.69, 9.17) is 4.52 Å². The van der Waals surface area contributed by atoms with E-state index in [9.17, 15) is 13.2 Å². The maximum Gasteiger partial charge on any atom is 0.573 e. The van der Waals surface area contributed by atoms with Gasteiger partial charge in [-0.15, -0.1) is 13.2 Å². The molecule has 0 aliphatic heterocycles. The molecule has 0 radical (unpaired) electrons. The van der Waals surface area contributed by atoms with E-state index in [1.54, 1.807) is 12.1 Å². The summed E-state index contributed by atoms with van der Waals surface area (Å²) in [5.74, 6) is 0.301. The standard InChI is InChI=1S/C11H7BrF3NO2/c12-6-9-5-10(16-18-9)7-2-1-3-8(4-7)17-11(13,14)15/h1-5H,6H2. The second kappa shape index (κ2) is 5.01. The molecule has 0 amide bonds. The minimum absolute atomic E-state index is 0.289. The molecule has 3 nitrogen and oxygen atoms in total. The molecule has 2 aromatic rings. The molecular weight excluding hydrogens is 315 g/mol. The Kier molecular flexibility index (Phi) is 3.60. The highest BCUT2D eigenvalue weighted by molar-refractivity contribution is 9.08. The van der Waals surface area contributed by atoms with Crippen molar-refractivity contribution in [1.82, 2.24) is 5.16 Å². The van der Waals surface area contributed by atoms with Gasteiger partial charge in [-0.05, 0) is 12.1 Å². The van der Waals surface area contributed by atoms with Gasteiger partial charge in [0.25, 0.3) is 0 Å². The molecule has 18 heavy (non-hydrogen) atoms. The summed E-state index contributed by atoms with van der Waals surface area (Å²) in [6.45, 7) is 0. The minimum Gasteiger partial charge on any atom is -0.406 e. The number of rotatable bonds is 3. The first-order chi connectivity index (χ1) is 8.48. The van der Waals surface area contributed by atoms with E-state index in [-0.39, 0.29) is 5.75 Å². The van der Waals surface area contributed by atoms with E-state index in [0.717, 1.165) is 0 Å². The van der Waals surface area contributed by atoms with Gasteiger partial charge in [-0.1, -0.05) is 33.2 Å². The largest absolute Gasteiger partial charge is 0.573 e. The zero-order valence-electron chi connectivity index (χ0n) is 8.87. The van der Waals surface area contributed by atoms with Gasteiger partial charge >= 0.3 is 6.36 Å². The fourth-order valence-electron chi connectivity index (χ4n) is 1.36. The van der Waals surface area contributed by atoms with Gasteiger partial charge in [0.05, 0.1) is 5.33 Å². The average molecular weight is 322 g/mol. The van der Waals surface area contributed by atoms with Crippen LogP contribution >= 0.6 is 15.9 Å². The quantitative estimate of drug-likeness (QED) is 0.797. The molecular formula is C11H7BrF3NO2. The first-order valence-corrected chi connectivity index (χ1v) is 5.98. The highest BCUT2D eigenvalue weighted by atomic mass is 79.9. The van der Waals surface area contributed by atoms with Crippen LogP contribution in [0.2, 0.25) is 0 Å². The third-order valence-corrected chi connectivity index (χ3v) is 2.61. The Morgan fingerprint density at radius 1 is 1.28 bits per heavy atom. The summed E-state index contributed by atoms with van der Waals surface area (Å²) in [6.07, 6.45) is -4.70. The first kappa shape index (κ1) is 12.9. The summed E-state index contributed by atoms with van der Waals surface area (Å²) in [4.78, 5) is 0. The third kappa shape index (κ3) is 3.25. The molecule has 0 aliphatic rings. The first-order valence-electron chi connectivity index (χ1n) is 4.86. The Morgan fingerprint density at radius 3 is 2.67 bits per heavy atom. The van der Waals surface area contributed by atoms with Crippen LogP contribution < -0.4 is 4.74 Å². The molecule has 1 aromatic carbocycles. The van der Waals surface area contributed by atoms with Gasteiger partial charge in [0.1, 0.15) is 17.2 Å². The monoisotopic (exact) mass is 321 g/mol. The van der Waals surface area contributed by atoms with Gasteiger partial charge in [0.2, 0.25) is 0 Å². The van der Waals surface area contributed by atoms with Crippen molar-refractivity contribution < 1.29 is 22.4 Å². The van der Waals surface area contributed by atoms with Crippen LogP contribution in [0.15, 0.2) is 34.9 Å². The Bertz CT molecular complexity index is 539. The maximum absolute atomic E-state index is 12.1. The van der Waals surface area contributed by atoms with Gasteiger partial charge in [-0.25, -0.2) is 0 Å². The Labute approximate surface area is 109 Å². The smallest absolute Gasteiger partial charge is 0.406 e. The van der Waals surface area contributed by atoms with Gasteiger partial charge in [-0.2, -0.15) is 0 Å². The number of benzene rings is 1. The molecule has 0 saturated heterocycles. The van der Waals surface area contributed by atoms with E-state index in [1.165, 1.54) is 18.2 Å². The molecule has 0 N–H and O–H groups in total. The maximum atomic E-state index is 12.1. The lowest BCUT2D eigenvalue weighted by Crippen LogP contribution is -2.17. The van der Waals surface area contributed by atoms with Crippen molar-refractivity contribution in [1.29, 1.82) is 0 Å². The predicted octanol–water partition coefficient (Wildman–Crippen LogP) is 4.14. The number of ether oxygens (including phenoxy) is 1. The number of hydrogen-bond acceptors (Lipinski definition) is 3. The summed E-state index contributed by atoms with van der Waals surface area (Å²) in [5.41, 5.74) is 0.949. The molecule has 0 saturated carbocycles. The molecule has 7 heteroatoms. The Morgan fingerprint density at radius 2 is 2.06 bits per heavy atom. The molecule has 0 aliphatic carbocycles. The van der Waals surface area contributed by atoms with Crippen LogP contribution in [-0.4, -0.2) is 11.5 Å². The summed E-state index contributed by atoms with van der Waals surface area (Å²) in [5, 5.41) is 4.24. The van der Waals surface area contributed by atoms with Crippen LogP contribution in [0.1, 0.15) is 5.76 Å². The summed E-state index contributed by atoms with van der Waals surface area (Å²) >= 11 is 3.19. The van der Waals surface area contributed by atoms with E-state index >= 15 is 0 Å². The van der Waals surface area contributed by atoms with Crippen LogP contribution in [0, 0.1) is 0 Å². The lowest BCUT2D eigenvalue weighted by Gasteiger charge is -2.08. The third-order valence-electron chi connectivity index (χ3n) is 2.05. The van der Waals surface area contributed by atoms with Crippen LogP contribution in [-0.2, 0) is 5.33 Å². The topological polar surface area (TPSA) is 35.3 Å². The number of alkyl halides is 4. The molecule has 0 fully saturated rings. The molecule has 0 unspecified atom stereocenters. The number of hydrogen-bond donors (Lipinski definition) is 0. The zero-order valence-corrected chi connectivity index (χ0v) is 10.5. The average Bonchev–Trinajstić information content (AvgIpc) is 2.75. The fraction of sp³-hybridized carbons (Fsp3) is 0.182. The van der Waals surface area contributed by atoms with Gasteiger partial charge in [0, 0.05) is 11.6 Å². The van der Waals surface area contributed by atoms with Crippen LogP contribution in [0.3, 0.4) is 0 Å². The number of aromatic nitrogens is 1. The van der Waals surface area contributed by atoms with Gasteiger partial charge in [0.15, 0.2) is 0 Å². The van der Waals surface area contributed by atoms with Crippen molar-refractivity contribution in [2.75, 3.05) is 0 Å². The summed E-state index contributed by atoms with van der Waals surface area (Å²) < 4.78 is 45.0. The van der Waals surface area contributed by atoms with E-state index in [1.807, 2.05) is 0 Å². The van der Waals surface area contributed by atoms with E-state index < -0.39 is 6.36 Å². The lowest BCUT2D eigenvalue weighted by atomic mass is 10.1. The van der Waals surface area contributed by atoms with E-state index in [0.29, 0.717) is 22.3 Å². The molecule has 1 heterocycles.